The van der Waals surface area contributed by atoms with Crippen LogP contribution in [0.3, 0.4) is 0 Å². The van der Waals surface area contributed by atoms with Gasteiger partial charge in [-0.3, -0.25) is 13.9 Å². The Balaban J connectivity index is 2.03. The van der Waals surface area contributed by atoms with Crippen molar-refractivity contribution in [2.45, 2.75) is 51.6 Å². The van der Waals surface area contributed by atoms with Crippen molar-refractivity contribution in [2.75, 3.05) is 17.4 Å². The van der Waals surface area contributed by atoms with Gasteiger partial charge in [-0.1, -0.05) is 54.9 Å². The van der Waals surface area contributed by atoms with Gasteiger partial charge in [-0.25, -0.2) is 8.42 Å². The first kappa shape index (κ1) is 29.2. The van der Waals surface area contributed by atoms with Crippen LogP contribution in [0.15, 0.2) is 77.7 Å². The van der Waals surface area contributed by atoms with Gasteiger partial charge >= 0.3 is 0 Å². The first-order valence-electron chi connectivity index (χ1n) is 12.5. The largest absolute Gasteiger partial charge is 0.354 e. The molecule has 0 fully saturated rings. The van der Waals surface area contributed by atoms with Crippen LogP contribution in [0.5, 0.6) is 0 Å². The average Bonchev–Trinajstić information content (AvgIpc) is 2.89. The number of nitrogens with zero attached hydrogens (tertiary/aromatic N) is 2. The number of nitrogens with one attached hydrogen (secondary N) is 1. The number of amides is 2. The summed E-state index contributed by atoms with van der Waals surface area (Å²) in [4.78, 5) is 28.3. The van der Waals surface area contributed by atoms with Gasteiger partial charge in [0.05, 0.1) is 10.6 Å². The molecule has 0 saturated carbocycles. The lowest BCUT2D eigenvalue weighted by Crippen LogP contribution is -2.51. The van der Waals surface area contributed by atoms with E-state index < -0.39 is 28.5 Å². The van der Waals surface area contributed by atoms with Crippen molar-refractivity contribution in [3.05, 3.63) is 94.5 Å². The van der Waals surface area contributed by atoms with Crippen LogP contribution in [-0.4, -0.2) is 44.3 Å². The minimum atomic E-state index is -4.09. The van der Waals surface area contributed by atoms with E-state index in [0.717, 1.165) is 27.4 Å². The average molecular weight is 556 g/mol. The third-order valence-electron chi connectivity index (χ3n) is 6.09. The number of sulfonamides is 1. The molecule has 0 saturated heterocycles. The lowest BCUT2D eigenvalue weighted by molar-refractivity contribution is -0.139. The first-order chi connectivity index (χ1) is 18.0. The summed E-state index contributed by atoms with van der Waals surface area (Å²) in [5, 5.41) is 3.38. The number of hydrogen-bond acceptors (Lipinski definition) is 4. The van der Waals surface area contributed by atoms with E-state index in [0.29, 0.717) is 17.3 Å². The molecule has 7 nitrogen and oxygen atoms in total. The number of aryl methyl sites for hydroxylation is 2. The molecule has 0 aliphatic heterocycles. The molecule has 38 heavy (non-hydrogen) atoms. The molecule has 0 spiro atoms. The molecule has 9 heteroatoms. The van der Waals surface area contributed by atoms with E-state index in [1.165, 1.54) is 17.0 Å². The highest BCUT2D eigenvalue weighted by molar-refractivity contribution is 7.92. The highest BCUT2D eigenvalue weighted by Crippen LogP contribution is 2.26. The van der Waals surface area contributed by atoms with Crippen molar-refractivity contribution in [3.8, 4) is 0 Å². The van der Waals surface area contributed by atoms with Crippen LogP contribution >= 0.6 is 11.6 Å². The number of rotatable bonds is 11. The number of benzene rings is 3. The lowest BCUT2D eigenvalue weighted by atomic mass is 10.1. The molecule has 3 aromatic rings. The number of hydrogen-bond donors (Lipinski definition) is 1. The van der Waals surface area contributed by atoms with Gasteiger partial charge in [0.1, 0.15) is 12.6 Å². The Morgan fingerprint density at radius 2 is 1.55 bits per heavy atom. The molecule has 0 heterocycles. The van der Waals surface area contributed by atoms with Crippen LogP contribution in [0.25, 0.3) is 0 Å². The quantitative estimate of drug-likeness (QED) is 0.357. The fourth-order valence-corrected chi connectivity index (χ4v) is 5.65. The zero-order valence-corrected chi connectivity index (χ0v) is 23.7. The highest BCUT2D eigenvalue weighted by atomic mass is 35.5. The fourth-order valence-electron chi connectivity index (χ4n) is 4.11. The maximum Gasteiger partial charge on any atom is 0.264 e. The Morgan fingerprint density at radius 3 is 2.13 bits per heavy atom. The second kappa shape index (κ2) is 12.9. The Morgan fingerprint density at radius 1 is 0.947 bits per heavy atom. The second-order valence-electron chi connectivity index (χ2n) is 9.29. The van der Waals surface area contributed by atoms with Gasteiger partial charge in [0, 0.05) is 18.1 Å². The number of anilines is 1. The van der Waals surface area contributed by atoms with E-state index in [-0.39, 0.29) is 17.3 Å². The third-order valence-corrected chi connectivity index (χ3v) is 8.13. The fraction of sp³-hybridized carbons (Fsp3) is 0.310. The molecule has 1 atom stereocenters. The summed E-state index contributed by atoms with van der Waals surface area (Å²) in [5.41, 5.74) is 2.88. The molecule has 3 aromatic carbocycles. The SMILES string of the molecule is CCCNC(=O)C(C)N(Cc1ccc(Cl)cc1)C(=O)CN(c1cc(C)cc(C)c1)S(=O)(=O)c1ccccc1. The van der Waals surface area contributed by atoms with E-state index in [9.17, 15) is 18.0 Å². The zero-order chi connectivity index (χ0) is 27.9. The van der Waals surface area contributed by atoms with E-state index in [4.69, 9.17) is 11.6 Å². The van der Waals surface area contributed by atoms with Gasteiger partial charge in [0.15, 0.2) is 0 Å². The molecule has 0 aromatic heterocycles. The molecule has 3 rings (SSSR count). The van der Waals surface area contributed by atoms with Crippen molar-refractivity contribution < 1.29 is 18.0 Å². The maximum absolute atomic E-state index is 13.9. The predicted octanol–water partition coefficient (Wildman–Crippen LogP) is 5.10. The molecule has 0 bridgehead atoms. The summed E-state index contributed by atoms with van der Waals surface area (Å²) in [6.07, 6.45) is 0.749. The zero-order valence-electron chi connectivity index (χ0n) is 22.1. The predicted molar refractivity (Wildman–Crippen MR) is 152 cm³/mol. The molecule has 0 aliphatic carbocycles. The molecular weight excluding hydrogens is 522 g/mol. The van der Waals surface area contributed by atoms with Crippen LogP contribution in [0.4, 0.5) is 5.69 Å². The van der Waals surface area contributed by atoms with Gasteiger partial charge in [-0.05, 0) is 80.3 Å². The molecule has 1 N–H and O–H groups in total. The molecule has 202 valence electrons. The summed E-state index contributed by atoms with van der Waals surface area (Å²) >= 11 is 6.03. The van der Waals surface area contributed by atoms with E-state index in [1.54, 1.807) is 61.5 Å². The molecule has 2 amide bonds. The third kappa shape index (κ3) is 7.36. The number of carbonyl (C=O) groups is 2. The number of halogens is 1. The van der Waals surface area contributed by atoms with Crippen LogP contribution in [0.2, 0.25) is 5.02 Å². The Hall–Kier alpha value is -3.36. The van der Waals surface area contributed by atoms with E-state index >= 15 is 0 Å². The van der Waals surface area contributed by atoms with Gasteiger partial charge < -0.3 is 10.2 Å². The standard InChI is InChI=1S/C29H34ClN3O4S/c1-5-15-31-29(35)23(4)32(19-24-11-13-25(30)14-12-24)28(34)20-33(26-17-21(2)16-22(3)18-26)38(36,37)27-9-7-6-8-10-27/h6-14,16-18,23H,5,15,19-20H2,1-4H3,(H,31,35). The van der Waals surface area contributed by atoms with Crippen molar-refractivity contribution in [2.24, 2.45) is 0 Å². The van der Waals surface area contributed by atoms with Gasteiger partial charge in [0.25, 0.3) is 10.0 Å². The van der Waals surface area contributed by atoms with Crippen LogP contribution in [0.1, 0.15) is 37.0 Å². The van der Waals surface area contributed by atoms with Crippen molar-refractivity contribution in [1.29, 1.82) is 0 Å². The van der Waals surface area contributed by atoms with Crippen LogP contribution in [0, 0.1) is 13.8 Å². The summed E-state index contributed by atoms with van der Waals surface area (Å²) in [6.45, 7) is 7.45. The minimum Gasteiger partial charge on any atom is -0.354 e. The molecule has 0 radical (unpaired) electrons. The van der Waals surface area contributed by atoms with Gasteiger partial charge in [-0.15, -0.1) is 0 Å². The monoisotopic (exact) mass is 555 g/mol. The Kier molecular flexibility index (Phi) is 9.94. The smallest absolute Gasteiger partial charge is 0.264 e. The summed E-state index contributed by atoms with van der Waals surface area (Å²) < 4.78 is 28.8. The van der Waals surface area contributed by atoms with Gasteiger partial charge in [0.2, 0.25) is 11.8 Å². The molecule has 0 aliphatic rings. The topological polar surface area (TPSA) is 86.8 Å². The maximum atomic E-state index is 13.9. The summed E-state index contributed by atoms with van der Waals surface area (Å²) in [7, 11) is -4.09. The summed E-state index contributed by atoms with van der Waals surface area (Å²) in [5.74, 6) is -0.809. The van der Waals surface area contributed by atoms with Crippen molar-refractivity contribution in [1.82, 2.24) is 10.2 Å². The second-order valence-corrected chi connectivity index (χ2v) is 11.6. The minimum absolute atomic E-state index is 0.0740. The molecular formula is C29H34ClN3O4S. The van der Waals surface area contributed by atoms with Crippen LogP contribution < -0.4 is 9.62 Å². The number of carbonyl (C=O) groups excluding carboxylic acids is 2. The Labute approximate surface area is 230 Å². The van der Waals surface area contributed by atoms with E-state index in [1.807, 2.05) is 26.8 Å². The van der Waals surface area contributed by atoms with E-state index in [2.05, 4.69) is 5.32 Å². The highest BCUT2D eigenvalue weighted by Gasteiger charge is 2.32. The normalized spacial score (nSPS) is 12.0. The first-order valence-corrected chi connectivity index (χ1v) is 14.3. The Bertz CT molecular complexity index is 1340. The van der Waals surface area contributed by atoms with Crippen molar-refractivity contribution in [3.63, 3.8) is 0 Å². The molecule has 1 unspecified atom stereocenters. The summed E-state index contributed by atoms with van der Waals surface area (Å²) in [6, 6.07) is 19.6. The van der Waals surface area contributed by atoms with Crippen LogP contribution in [-0.2, 0) is 26.2 Å². The van der Waals surface area contributed by atoms with Crippen molar-refractivity contribution >= 4 is 39.1 Å². The van der Waals surface area contributed by atoms with Gasteiger partial charge in [-0.2, -0.15) is 0 Å². The lowest BCUT2D eigenvalue weighted by Gasteiger charge is -2.32.